The van der Waals surface area contributed by atoms with Gasteiger partial charge in [-0.25, -0.2) is 0 Å². The molecule has 5 aliphatic carbocycles. The molecule has 0 aromatic heterocycles. The summed E-state index contributed by atoms with van der Waals surface area (Å²) in [5, 5.41) is 12.8. The minimum absolute atomic E-state index is 0.0606. The number of rotatable bonds is 45. The van der Waals surface area contributed by atoms with Gasteiger partial charge < -0.3 is 38.3 Å². The summed E-state index contributed by atoms with van der Waals surface area (Å²) in [5.41, 5.74) is 1.03. The van der Waals surface area contributed by atoms with Crippen LogP contribution in [0, 0.1) is 36.5 Å². The van der Waals surface area contributed by atoms with E-state index in [9.17, 15) is 29.1 Å². The number of hydrogen-bond donors (Lipinski definition) is 1. The standard InChI is InChI=1S/C81H127NO13/c1-12-14-16-18-20-22-24-26-28-30-32-34-36-38-67(83)90-56-62(57-91-68(84)39-37-35-33-31-29-27-25-23-21-19-17-15-13-2)92-69(85)44-45-70(86)94-64-51-58(3)50-59(4)72(64)77(8,9)54-71(87)93-63-43-42-61-52-66-79-46-47-81(89-11,65(53-79)78(10,88)76(5,6)7)75-80(79,73(61)74(63)95-75)48-49-82(66)55-60-40-41-60/h42-43,50-51,60,62,65-66,75,88H,12-41,44-49,52-57H2,1-11H3/t65-,66?,75-,78+,79-,80+,81+/m1/s1. The first-order valence-corrected chi connectivity index (χ1v) is 38.3. The highest BCUT2D eigenvalue weighted by molar-refractivity contribution is 5.80. The number of methoxy groups -OCH3 is 1. The molecule has 2 aromatic rings. The van der Waals surface area contributed by atoms with Crippen LogP contribution in [0.5, 0.6) is 17.2 Å². The highest BCUT2D eigenvalue weighted by atomic mass is 16.6. The van der Waals surface area contributed by atoms with Crippen molar-refractivity contribution in [2.24, 2.45) is 22.7 Å². The molecule has 4 saturated carbocycles. The molecule has 2 heterocycles. The number of nitrogens with zero attached hydrogens (tertiary/aromatic N) is 1. The van der Waals surface area contributed by atoms with Gasteiger partial charge in [-0.15, -0.1) is 0 Å². The predicted molar refractivity (Wildman–Crippen MR) is 375 cm³/mol. The average Bonchev–Trinajstić information content (AvgIpc) is 1.55. The Morgan fingerprint density at radius 3 is 1.65 bits per heavy atom. The smallest absolute Gasteiger partial charge is 0.312 e. The summed E-state index contributed by atoms with van der Waals surface area (Å²) < 4.78 is 44.0. The summed E-state index contributed by atoms with van der Waals surface area (Å²) in [6.45, 7) is 22.1. The predicted octanol–water partition coefficient (Wildman–Crippen LogP) is 18.2. The fourth-order valence-electron chi connectivity index (χ4n) is 18.0. The van der Waals surface area contributed by atoms with Gasteiger partial charge in [0.1, 0.15) is 30.7 Å². The van der Waals surface area contributed by atoms with Crippen molar-refractivity contribution < 1.29 is 62.2 Å². The molecule has 4 bridgehead atoms. The molecule has 0 amide bonds. The fraction of sp³-hybridized carbons (Fsp3) is 0.790. The maximum absolute atomic E-state index is 14.7. The van der Waals surface area contributed by atoms with E-state index >= 15 is 0 Å². The van der Waals surface area contributed by atoms with Crippen LogP contribution < -0.4 is 14.2 Å². The van der Waals surface area contributed by atoms with Gasteiger partial charge >= 0.3 is 29.8 Å². The summed E-state index contributed by atoms with van der Waals surface area (Å²) in [6.07, 6.45) is 36.4. The third-order valence-corrected chi connectivity index (χ3v) is 23.7. The molecule has 2 aromatic carbocycles. The summed E-state index contributed by atoms with van der Waals surface area (Å²) in [6, 6.07) is 8.15. The molecule has 1 N–H and O–H groups in total. The Bertz CT molecular complexity index is 2790. The zero-order valence-corrected chi connectivity index (χ0v) is 61.2. The maximum atomic E-state index is 14.7. The molecule has 2 spiro atoms. The highest BCUT2D eigenvalue weighted by Crippen LogP contribution is 2.78. The summed E-state index contributed by atoms with van der Waals surface area (Å²) in [4.78, 5) is 70.9. The fourth-order valence-corrected chi connectivity index (χ4v) is 18.0. The van der Waals surface area contributed by atoms with Crippen molar-refractivity contribution >= 4 is 29.8 Å². The first-order valence-electron chi connectivity index (χ1n) is 38.3. The quantitative estimate of drug-likeness (QED) is 0.0287. The van der Waals surface area contributed by atoms with E-state index in [-0.39, 0.29) is 73.9 Å². The first-order chi connectivity index (χ1) is 45.5. The van der Waals surface area contributed by atoms with Crippen LogP contribution in [0.25, 0.3) is 0 Å². The van der Waals surface area contributed by atoms with Gasteiger partial charge in [0.25, 0.3) is 0 Å². The van der Waals surface area contributed by atoms with Gasteiger partial charge in [0, 0.05) is 65.8 Å². The van der Waals surface area contributed by atoms with Gasteiger partial charge in [-0.2, -0.15) is 0 Å². The number of aliphatic hydroxyl groups is 1. The molecule has 0 radical (unpaired) electrons. The number of benzene rings is 2. The van der Waals surface area contributed by atoms with Crippen LogP contribution in [0.2, 0.25) is 0 Å². The van der Waals surface area contributed by atoms with Crippen LogP contribution >= 0.6 is 0 Å². The molecular weight excluding hydrogens is 1190 g/mol. The van der Waals surface area contributed by atoms with E-state index < -0.39 is 58.0 Å². The van der Waals surface area contributed by atoms with Crippen molar-refractivity contribution in [3.8, 4) is 17.2 Å². The van der Waals surface area contributed by atoms with E-state index in [0.29, 0.717) is 35.9 Å². The largest absolute Gasteiger partial charge is 0.482 e. The van der Waals surface area contributed by atoms with Gasteiger partial charge in [0.05, 0.1) is 24.9 Å². The minimum atomic E-state index is -1.07. The Labute approximate surface area is 573 Å². The SMILES string of the molecule is CCCCCCCCCCCCCCCC(=O)OCC(COC(=O)CCCCCCCCCCCCCCC)OC(=O)CCC(=O)Oc1cc(C)cc(C)c1C(C)(C)CC(=O)Oc1ccc2c3c1O[C@H]1[C@]4(OC)CC[C@@]5(C[C@@H]4[C@](C)(O)C(C)(C)C)C(C2)N(CC2CC2)CC[C@]315. The van der Waals surface area contributed by atoms with E-state index in [2.05, 4.69) is 45.6 Å². The zero-order valence-electron chi connectivity index (χ0n) is 61.2. The lowest BCUT2D eigenvalue weighted by molar-refractivity contribution is -0.312. The molecule has 1 unspecified atom stereocenters. The molecule has 5 fully saturated rings. The molecule has 9 rings (SSSR count). The molecular formula is C81H127NO13. The lowest BCUT2D eigenvalue weighted by Crippen LogP contribution is -2.83. The molecule has 7 atom stereocenters. The zero-order chi connectivity index (χ0) is 68.4. The molecule has 1 saturated heterocycles. The Morgan fingerprint density at radius 2 is 1.14 bits per heavy atom. The number of hydrogen-bond acceptors (Lipinski definition) is 14. The monoisotopic (exact) mass is 1320 g/mol. The van der Waals surface area contributed by atoms with Crippen LogP contribution in [-0.2, 0) is 60.2 Å². The Hall–Kier alpha value is -4.53. The highest BCUT2D eigenvalue weighted by Gasteiger charge is 2.82. The van der Waals surface area contributed by atoms with Gasteiger partial charge in [-0.1, -0.05) is 215 Å². The topological polar surface area (TPSA) is 173 Å². The normalized spacial score (nSPS) is 23.2. The number of aryl methyl sites for hydroxylation is 2. The summed E-state index contributed by atoms with van der Waals surface area (Å²) >= 11 is 0. The molecule has 14 nitrogen and oxygen atoms in total. The lowest BCUT2D eigenvalue weighted by atomic mass is 9.33. The number of fused-ring (bicyclic) bond motifs is 2. The van der Waals surface area contributed by atoms with Crippen LogP contribution in [-0.4, -0.2) is 103 Å². The second kappa shape index (κ2) is 35.0. The Kier molecular flexibility index (Phi) is 28.1. The third kappa shape index (κ3) is 18.9. The molecule has 2 aliphatic heterocycles. The van der Waals surface area contributed by atoms with Gasteiger partial charge in [0.15, 0.2) is 17.6 Å². The van der Waals surface area contributed by atoms with Crippen molar-refractivity contribution in [1.29, 1.82) is 0 Å². The molecule has 95 heavy (non-hydrogen) atoms. The van der Waals surface area contributed by atoms with E-state index in [1.165, 1.54) is 140 Å². The van der Waals surface area contributed by atoms with E-state index in [1.54, 1.807) is 13.2 Å². The summed E-state index contributed by atoms with van der Waals surface area (Å²) in [7, 11) is 1.80. The number of likely N-dealkylation sites (tertiary alicyclic amines) is 1. The third-order valence-electron chi connectivity index (χ3n) is 23.7. The van der Waals surface area contributed by atoms with Crippen molar-refractivity contribution in [2.45, 2.75) is 354 Å². The van der Waals surface area contributed by atoms with Gasteiger partial charge in [0.2, 0.25) is 0 Å². The van der Waals surface area contributed by atoms with E-state index in [4.69, 9.17) is 33.2 Å². The second-order valence-corrected chi connectivity index (χ2v) is 32.2. The number of carbonyl (C=O) groups is 5. The van der Waals surface area contributed by atoms with Crippen LogP contribution in [0.3, 0.4) is 0 Å². The van der Waals surface area contributed by atoms with Gasteiger partial charge in [-0.3, -0.25) is 28.9 Å². The van der Waals surface area contributed by atoms with Crippen molar-refractivity contribution in [3.63, 3.8) is 0 Å². The van der Waals surface area contributed by atoms with Crippen LogP contribution in [0.4, 0.5) is 0 Å². The van der Waals surface area contributed by atoms with Crippen molar-refractivity contribution in [2.75, 3.05) is 33.4 Å². The average molecular weight is 1320 g/mol. The maximum Gasteiger partial charge on any atom is 0.312 e. The van der Waals surface area contributed by atoms with E-state index in [1.807, 2.05) is 46.8 Å². The second-order valence-electron chi connectivity index (χ2n) is 32.2. The van der Waals surface area contributed by atoms with Crippen molar-refractivity contribution in [3.05, 3.63) is 52.1 Å². The number of piperidine rings is 1. The van der Waals surface area contributed by atoms with E-state index in [0.717, 1.165) is 101 Å². The number of carbonyl (C=O) groups excluding carboxylic acids is 5. The molecule has 7 aliphatic rings. The number of esters is 5. The molecule has 14 heteroatoms. The first kappa shape index (κ1) is 76.2. The Morgan fingerprint density at radius 1 is 0.621 bits per heavy atom. The summed E-state index contributed by atoms with van der Waals surface area (Å²) in [5.74, 6) is -0.804. The molecule has 534 valence electrons. The Balaban J connectivity index is 0.860. The van der Waals surface area contributed by atoms with Crippen molar-refractivity contribution in [1.82, 2.24) is 4.90 Å². The lowest BCUT2D eigenvalue weighted by Gasteiger charge is -2.75. The number of ether oxygens (including phenoxy) is 7. The number of unbranched alkanes of at least 4 members (excludes halogenated alkanes) is 24. The van der Waals surface area contributed by atoms with Gasteiger partial charge in [-0.05, 0) is 125 Å². The van der Waals surface area contributed by atoms with Crippen LogP contribution in [0.15, 0.2) is 24.3 Å². The van der Waals surface area contributed by atoms with Crippen LogP contribution in [0.1, 0.15) is 321 Å². The minimum Gasteiger partial charge on any atom is -0.482 e.